The second-order valence-corrected chi connectivity index (χ2v) is 10.8. The average molecular weight is 760 g/mol. The number of aliphatic hydroxyl groups excluding tert-OH is 1. The third-order valence-electron chi connectivity index (χ3n) is 6.35. The Morgan fingerprint density at radius 2 is 0.868 bits per heavy atom. The van der Waals surface area contributed by atoms with Crippen LogP contribution in [0.3, 0.4) is 0 Å². The van der Waals surface area contributed by atoms with Crippen LogP contribution in [0.2, 0.25) is 0 Å². The molecule has 8 amide bonds. The van der Waals surface area contributed by atoms with Gasteiger partial charge in [0.1, 0.15) is 12.1 Å². The third kappa shape index (κ3) is 24.5. The van der Waals surface area contributed by atoms with Crippen molar-refractivity contribution >= 4 is 65.1 Å². The summed E-state index contributed by atoms with van der Waals surface area (Å²) in [5.41, 5.74) is 26.5. The van der Waals surface area contributed by atoms with Crippen LogP contribution in [-0.2, 0) is 43.2 Å². The summed E-state index contributed by atoms with van der Waals surface area (Å²) in [6.45, 7) is -4.07. The molecule has 0 saturated heterocycles. The third-order valence-corrected chi connectivity index (χ3v) is 6.35. The highest BCUT2D eigenvalue weighted by molar-refractivity contribution is 5.94. The largest absolute Gasteiger partial charge is 0.480 e. The molecule has 0 saturated carbocycles. The first-order chi connectivity index (χ1) is 24.9. The minimum Gasteiger partial charge on any atom is -0.480 e. The van der Waals surface area contributed by atoms with Gasteiger partial charge in [-0.3, -0.25) is 48.3 Å². The maximum absolute atomic E-state index is 12.3. The molecule has 298 valence electrons. The van der Waals surface area contributed by atoms with Gasteiger partial charge in [-0.25, -0.2) is 4.79 Å². The Morgan fingerprint density at radius 3 is 1.26 bits per heavy atom. The molecular formula is C27H49N15O11. The summed E-state index contributed by atoms with van der Waals surface area (Å²) in [7, 11) is 0. The molecule has 26 heteroatoms. The molecule has 0 unspecified atom stereocenters. The van der Waals surface area contributed by atoms with E-state index in [0.717, 1.165) is 0 Å². The summed E-state index contributed by atoms with van der Waals surface area (Å²) in [5, 5.41) is 36.2. The fraction of sp³-hybridized carbons (Fsp3) is 0.593. The highest BCUT2D eigenvalue weighted by atomic mass is 16.4. The van der Waals surface area contributed by atoms with Crippen LogP contribution in [0.25, 0.3) is 0 Å². The Labute approximate surface area is 302 Å². The fourth-order valence-electron chi connectivity index (χ4n) is 3.65. The summed E-state index contributed by atoms with van der Waals surface area (Å²) < 4.78 is 0. The Kier molecular flexibility index (Phi) is 23.3. The van der Waals surface area contributed by atoms with Crippen LogP contribution in [0.1, 0.15) is 25.7 Å². The monoisotopic (exact) mass is 759 g/mol. The second kappa shape index (κ2) is 26.5. The van der Waals surface area contributed by atoms with E-state index in [0.29, 0.717) is 6.42 Å². The van der Waals surface area contributed by atoms with Gasteiger partial charge in [0.15, 0.2) is 11.9 Å². The maximum Gasteiger partial charge on any atom is 0.326 e. The zero-order valence-electron chi connectivity index (χ0n) is 28.8. The van der Waals surface area contributed by atoms with Gasteiger partial charge in [0.25, 0.3) is 0 Å². The molecule has 0 radical (unpaired) electrons. The van der Waals surface area contributed by atoms with Gasteiger partial charge in [-0.15, -0.1) is 0 Å². The number of aliphatic imine (C=N–C) groups is 2. The first kappa shape index (κ1) is 46.7. The van der Waals surface area contributed by atoms with E-state index in [1.54, 1.807) is 0 Å². The van der Waals surface area contributed by atoms with Gasteiger partial charge in [-0.2, -0.15) is 0 Å². The van der Waals surface area contributed by atoms with E-state index in [1.807, 2.05) is 0 Å². The molecule has 0 bridgehead atoms. The van der Waals surface area contributed by atoms with E-state index in [4.69, 9.17) is 28.7 Å². The Hall–Kier alpha value is -6.31. The van der Waals surface area contributed by atoms with Crippen molar-refractivity contribution in [2.45, 2.75) is 43.8 Å². The van der Waals surface area contributed by atoms with E-state index in [1.165, 1.54) is 0 Å². The number of carboxylic acids is 1. The minimum atomic E-state index is -1.53. The molecule has 0 rings (SSSR count). The molecule has 26 nitrogen and oxygen atoms in total. The van der Waals surface area contributed by atoms with Crippen molar-refractivity contribution in [3.63, 3.8) is 0 Å². The number of nitrogens with zero attached hydrogens (tertiary/aromatic N) is 2. The molecule has 0 aromatic heterocycles. The first-order valence-corrected chi connectivity index (χ1v) is 15.9. The standard InChI is InChI=1S/C27H49N15O11/c28-14(3-1-5-33-26(29)30)23(50)39-9-19(46)35-7-18(45)38-12-22(49)42-16(13-43)24(51)40-10-20(47)36-8-17(44)37-11-21(48)41-15(25(52)53)4-2-6-34-27(31)32/h14-16,43H,1-13,28H2,(H,35,46)(H,36,47)(H,37,44)(H,38,45)(H,39,50)(H,40,51)(H,41,48)(H,42,49)(H,52,53)(H4,29,30,33)(H4,31,32,34)/t14-,15-,16-/m0/s1. The normalized spacial score (nSPS) is 11.9. The van der Waals surface area contributed by atoms with Gasteiger partial charge in [-0.1, -0.05) is 0 Å². The number of aliphatic carboxylic acids is 1. The number of aliphatic hydroxyl groups is 1. The van der Waals surface area contributed by atoms with Crippen LogP contribution in [0.15, 0.2) is 9.98 Å². The molecular weight excluding hydrogens is 710 g/mol. The van der Waals surface area contributed by atoms with Crippen molar-refractivity contribution in [2.24, 2.45) is 38.7 Å². The maximum atomic E-state index is 12.3. The molecule has 53 heavy (non-hydrogen) atoms. The summed E-state index contributed by atoms with van der Waals surface area (Å²) in [4.78, 5) is 115. The highest BCUT2D eigenvalue weighted by Crippen LogP contribution is 1.98. The molecule has 0 aromatic carbocycles. The van der Waals surface area contributed by atoms with Crippen molar-refractivity contribution in [3.05, 3.63) is 0 Å². The van der Waals surface area contributed by atoms with Gasteiger partial charge in [0.05, 0.1) is 51.9 Å². The minimum absolute atomic E-state index is 0.0135. The van der Waals surface area contributed by atoms with Gasteiger partial charge < -0.3 is 81.4 Å². The summed E-state index contributed by atoms with van der Waals surface area (Å²) in [6, 6.07) is -3.71. The topological polar surface area (TPSA) is 445 Å². The molecule has 0 fully saturated rings. The number of rotatable bonds is 26. The number of hydrogen-bond donors (Lipinski definition) is 15. The van der Waals surface area contributed by atoms with Crippen LogP contribution < -0.4 is 71.2 Å². The second-order valence-electron chi connectivity index (χ2n) is 10.8. The molecule has 0 aliphatic carbocycles. The first-order valence-electron chi connectivity index (χ1n) is 15.9. The Balaban J connectivity index is 4.36. The lowest BCUT2D eigenvalue weighted by atomic mass is 10.1. The summed E-state index contributed by atoms with van der Waals surface area (Å²) in [6.07, 6.45) is 0.944. The number of carbonyl (C=O) groups excluding carboxylic acids is 8. The van der Waals surface area contributed by atoms with E-state index >= 15 is 0 Å². The van der Waals surface area contributed by atoms with Crippen molar-refractivity contribution in [1.82, 2.24) is 42.5 Å². The quantitative estimate of drug-likeness (QED) is 0.0221. The van der Waals surface area contributed by atoms with Crippen LogP contribution in [-0.4, -0.2) is 152 Å². The van der Waals surface area contributed by atoms with Crippen LogP contribution in [0.4, 0.5) is 0 Å². The number of guanidine groups is 2. The average Bonchev–Trinajstić information content (AvgIpc) is 3.10. The number of nitrogens with one attached hydrogen (secondary N) is 8. The highest BCUT2D eigenvalue weighted by Gasteiger charge is 2.22. The number of nitrogens with two attached hydrogens (primary N) is 5. The van der Waals surface area contributed by atoms with Gasteiger partial charge in [0.2, 0.25) is 47.3 Å². The van der Waals surface area contributed by atoms with E-state index in [2.05, 4.69) is 52.5 Å². The molecule has 0 heterocycles. The lowest BCUT2D eigenvalue weighted by molar-refractivity contribution is -0.142. The van der Waals surface area contributed by atoms with E-state index < -0.39 is 117 Å². The molecule has 0 aromatic rings. The molecule has 0 aliphatic heterocycles. The lowest BCUT2D eigenvalue weighted by Crippen LogP contribution is -2.53. The fourth-order valence-corrected chi connectivity index (χ4v) is 3.65. The zero-order valence-corrected chi connectivity index (χ0v) is 28.8. The molecule has 20 N–H and O–H groups in total. The number of carbonyl (C=O) groups is 9. The summed E-state index contributed by atoms with van der Waals surface area (Å²) in [5.74, 6) is -8.11. The van der Waals surface area contributed by atoms with Crippen molar-refractivity contribution < 1.29 is 53.4 Å². The Morgan fingerprint density at radius 1 is 0.509 bits per heavy atom. The van der Waals surface area contributed by atoms with Gasteiger partial charge in [0, 0.05) is 13.1 Å². The van der Waals surface area contributed by atoms with Crippen molar-refractivity contribution in [2.75, 3.05) is 59.0 Å². The van der Waals surface area contributed by atoms with Crippen LogP contribution >= 0.6 is 0 Å². The molecule has 3 atom stereocenters. The van der Waals surface area contributed by atoms with E-state index in [9.17, 15) is 53.4 Å². The van der Waals surface area contributed by atoms with Gasteiger partial charge in [-0.05, 0) is 25.7 Å². The van der Waals surface area contributed by atoms with Crippen molar-refractivity contribution in [1.29, 1.82) is 0 Å². The SMILES string of the molecule is NC(N)=NCCC[C@H](NC(=O)CNC(=O)CNC(=O)CNC(=O)[C@H](CO)NC(=O)CNC(=O)CNC(=O)CNC(=O)[C@@H](N)CCCN=C(N)N)C(=O)O. The van der Waals surface area contributed by atoms with Crippen LogP contribution in [0.5, 0.6) is 0 Å². The van der Waals surface area contributed by atoms with Crippen LogP contribution in [0, 0.1) is 0 Å². The van der Waals surface area contributed by atoms with Gasteiger partial charge >= 0.3 is 5.97 Å². The smallest absolute Gasteiger partial charge is 0.326 e. The summed E-state index contributed by atoms with van der Waals surface area (Å²) >= 11 is 0. The lowest BCUT2D eigenvalue weighted by Gasteiger charge is -2.16. The number of carboxylic acid groups (broad SMARTS) is 1. The Bertz CT molecular complexity index is 1350. The molecule has 0 spiro atoms. The zero-order chi connectivity index (χ0) is 40.3. The number of hydrogen-bond acceptors (Lipinski definition) is 13. The molecule has 0 aliphatic rings. The van der Waals surface area contributed by atoms with Crippen molar-refractivity contribution in [3.8, 4) is 0 Å². The predicted molar refractivity (Wildman–Crippen MR) is 184 cm³/mol. The predicted octanol–water partition coefficient (Wildman–Crippen LogP) is -9.84. The number of amides is 8. The van der Waals surface area contributed by atoms with E-state index in [-0.39, 0.29) is 44.3 Å².